The molecule has 0 aliphatic heterocycles. The van der Waals surface area contributed by atoms with Crippen molar-refractivity contribution in [2.45, 2.75) is 19.1 Å². The average molecular weight is 335 g/mol. The Bertz CT molecular complexity index is 753. The zero-order valence-electron chi connectivity index (χ0n) is 11.1. The van der Waals surface area contributed by atoms with Gasteiger partial charge in [0.05, 0.1) is 16.8 Å². The first kappa shape index (κ1) is 16.1. The van der Waals surface area contributed by atoms with Crippen molar-refractivity contribution in [3.8, 4) is 0 Å². The number of hydrogen-bond acceptors (Lipinski definition) is 3. The van der Waals surface area contributed by atoms with E-state index < -0.39 is 34.9 Å². The number of pyridine rings is 1. The van der Waals surface area contributed by atoms with Crippen LogP contribution in [0.5, 0.6) is 0 Å². The predicted octanol–water partition coefficient (Wildman–Crippen LogP) is 2.44. The summed E-state index contributed by atoms with van der Waals surface area (Å²) >= 11 is 5.67. The number of alkyl halides is 3. The van der Waals surface area contributed by atoms with Gasteiger partial charge in [-0.25, -0.2) is 0 Å². The fraction of sp³-hybridized carbons (Fsp3) is 0.250. The number of H-pyrrole nitrogens is 1. The van der Waals surface area contributed by atoms with Crippen molar-refractivity contribution >= 4 is 23.2 Å². The van der Waals surface area contributed by atoms with Gasteiger partial charge >= 0.3 is 6.18 Å². The van der Waals surface area contributed by atoms with Crippen LogP contribution in [0, 0.1) is 0 Å². The molecule has 6 nitrogen and oxygen atoms in total. The molecule has 0 saturated heterocycles. The fourth-order valence-electron chi connectivity index (χ4n) is 1.62. The van der Waals surface area contributed by atoms with Crippen molar-refractivity contribution in [3.05, 3.63) is 45.6 Å². The van der Waals surface area contributed by atoms with Gasteiger partial charge < -0.3 is 10.3 Å². The van der Waals surface area contributed by atoms with E-state index in [0.717, 1.165) is 0 Å². The molecule has 0 saturated carbocycles. The number of aromatic amines is 1. The van der Waals surface area contributed by atoms with Crippen molar-refractivity contribution in [1.82, 2.24) is 14.8 Å². The summed E-state index contributed by atoms with van der Waals surface area (Å²) in [7, 11) is 0. The number of rotatable bonds is 3. The van der Waals surface area contributed by atoms with Gasteiger partial charge in [-0.2, -0.15) is 18.3 Å². The van der Waals surface area contributed by atoms with Crippen LogP contribution in [0.3, 0.4) is 0 Å². The summed E-state index contributed by atoms with van der Waals surface area (Å²) in [4.78, 5) is 25.4. The second-order valence-electron chi connectivity index (χ2n) is 4.43. The maximum atomic E-state index is 12.6. The summed E-state index contributed by atoms with van der Waals surface area (Å²) in [6, 6.07) is -0.291. The van der Waals surface area contributed by atoms with Gasteiger partial charge in [0.1, 0.15) is 11.7 Å². The number of nitrogens with one attached hydrogen (secondary N) is 2. The number of aromatic nitrogens is 3. The Balaban J connectivity index is 2.23. The number of nitrogens with zero attached hydrogens (tertiary/aromatic N) is 2. The molecule has 2 aromatic rings. The van der Waals surface area contributed by atoms with E-state index in [9.17, 15) is 22.8 Å². The molecule has 2 rings (SSSR count). The molecule has 0 aliphatic rings. The number of carbonyl (C=O) groups excluding carboxylic acids is 1. The molecule has 0 aromatic carbocycles. The van der Waals surface area contributed by atoms with Gasteiger partial charge in [-0.1, -0.05) is 11.6 Å². The van der Waals surface area contributed by atoms with Crippen LogP contribution in [0.1, 0.15) is 18.5 Å². The van der Waals surface area contributed by atoms with E-state index >= 15 is 0 Å². The van der Waals surface area contributed by atoms with Crippen molar-refractivity contribution < 1.29 is 18.0 Å². The lowest BCUT2D eigenvalue weighted by Gasteiger charge is -2.13. The van der Waals surface area contributed by atoms with Crippen LogP contribution in [0.25, 0.3) is 0 Å². The van der Waals surface area contributed by atoms with Crippen LogP contribution in [-0.2, 0) is 11.0 Å². The molecule has 2 heterocycles. The second kappa shape index (κ2) is 5.84. The molecular weight excluding hydrogens is 325 g/mol. The van der Waals surface area contributed by atoms with E-state index in [0.29, 0.717) is 17.3 Å². The first-order valence-electron chi connectivity index (χ1n) is 5.99. The van der Waals surface area contributed by atoms with Crippen LogP contribution in [-0.4, -0.2) is 20.7 Å². The number of hydrogen-bond donors (Lipinski definition) is 2. The maximum absolute atomic E-state index is 12.6. The van der Waals surface area contributed by atoms with Crippen molar-refractivity contribution in [2.75, 3.05) is 5.32 Å². The summed E-state index contributed by atoms with van der Waals surface area (Å²) in [5.41, 5.74) is -2.41. The van der Waals surface area contributed by atoms with Gasteiger partial charge in [0.15, 0.2) is 0 Å². The largest absolute Gasteiger partial charge is 0.417 e. The Morgan fingerprint density at radius 3 is 2.73 bits per heavy atom. The van der Waals surface area contributed by atoms with E-state index in [2.05, 4.69) is 10.4 Å². The molecule has 0 bridgehead atoms. The first-order valence-corrected chi connectivity index (χ1v) is 6.36. The average Bonchev–Trinajstić information content (AvgIpc) is 2.85. The number of carbonyl (C=O) groups is 1. The molecule has 118 valence electrons. The van der Waals surface area contributed by atoms with Crippen LogP contribution in [0.4, 0.5) is 18.9 Å². The Morgan fingerprint density at radius 1 is 1.50 bits per heavy atom. The van der Waals surface area contributed by atoms with Gasteiger partial charge in [-0.3, -0.25) is 14.3 Å². The quantitative estimate of drug-likeness (QED) is 0.904. The van der Waals surface area contributed by atoms with E-state index in [1.165, 1.54) is 24.0 Å². The van der Waals surface area contributed by atoms with Crippen molar-refractivity contribution in [3.63, 3.8) is 0 Å². The minimum atomic E-state index is -4.63. The number of anilines is 1. The highest BCUT2D eigenvalue weighted by Crippen LogP contribution is 2.29. The molecule has 0 spiro atoms. The van der Waals surface area contributed by atoms with E-state index in [4.69, 9.17) is 11.6 Å². The smallest absolute Gasteiger partial charge is 0.327 e. The Labute approximate surface area is 126 Å². The van der Waals surface area contributed by atoms with Gasteiger partial charge in [-0.15, -0.1) is 0 Å². The molecule has 0 radical (unpaired) electrons. The summed E-state index contributed by atoms with van der Waals surface area (Å²) in [5.74, 6) is -0.704. The van der Waals surface area contributed by atoms with Crippen LogP contribution < -0.4 is 10.9 Å². The molecular formula is C12H10ClF3N4O2. The predicted molar refractivity (Wildman–Crippen MR) is 72.6 cm³/mol. The summed E-state index contributed by atoms with van der Waals surface area (Å²) < 4.78 is 39.0. The highest BCUT2D eigenvalue weighted by molar-refractivity contribution is 6.30. The standard InChI is InChI=1S/C12H10ClF3N4O2/c1-6(20-5-8(13)4-18-20)10(21)19-9-2-7(12(14,15)16)3-17-11(9)22/h2-6H,1H3,(H,17,22)(H,19,21)/t6-/m0/s1. The Hall–Kier alpha value is -2.29. The molecule has 0 fully saturated rings. The Kier molecular flexibility index (Phi) is 4.27. The third kappa shape index (κ3) is 3.48. The van der Waals surface area contributed by atoms with Gasteiger partial charge in [0.25, 0.3) is 5.56 Å². The summed E-state index contributed by atoms with van der Waals surface area (Å²) in [6.45, 7) is 1.46. The lowest BCUT2D eigenvalue weighted by Crippen LogP contribution is -2.27. The molecule has 2 aromatic heterocycles. The lowest BCUT2D eigenvalue weighted by atomic mass is 10.2. The third-order valence-corrected chi connectivity index (χ3v) is 3.03. The molecule has 2 N–H and O–H groups in total. The fourth-order valence-corrected chi connectivity index (χ4v) is 1.77. The minimum absolute atomic E-state index is 0.302. The topological polar surface area (TPSA) is 79.8 Å². The first-order chi connectivity index (χ1) is 10.2. The molecule has 10 heteroatoms. The van der Waals surface area contributed by atoms with E-state index in [-0.39, 0.29) is 0 Å². The normalized spacial score (nSPS) is 13.0. The number of halogens is 4. The lowest BCUT2D eigenvalue weighted by molar-refractivity contribution is -0.137. The molecule has 0 unspecified atom stereocenters. The van der Waals surface area contributed by atoms with Crippen molar-refractivity contribution in [1.29, 1.82) is 0 Å². The highest BCUT2D eigenvalue weighted by Gasteiger charge is 2.31. The summed E-state index contributed by atoms with van der Waals surface area (Å²) in [5, 5.41) is 6.26. The maximum Gasteiger partial charge on any atom is 0.417 e. The van der Waals surface area contributed by atoms with Crippen molar-refractivity contribution in [2.24, 2.45) is 0 Å². The number of amides is 1. The van der Waals surface area contributed by atoms with Gasteiger partial charge in [0, 0.05) is 12.4 Å². The van der Waals surface area contributed by atoms with Crippen LogP contribution >= 0.6 is 11.6 Å². The minimum Gasteiger partial charge on any atom is -0.327 e. The summed E-state index contributed by atoms with van der Waals surface area (Å²) in [6.07, 6.45) is -1.41. The monoisotopic (exact) mass is 334 g/mol. The second-order valence-corrected chi connectivity index (χ2v) is 4.87. The molecule has 1 amide bonds. The van der Waals surface area contributed by atoms with Crippen LogP contribution in [0.15, 0.2) is 29.5 Å². The third-order valence-electron chi connectivity index (χ3n) is 2.83. The molecule has 22 heavy (non-hydrogen) atoms. The zero-order chi connectivity index (χ0) is 16.5. The zero-order valence-corrected chi connectivity index (χ0v) is 11.9. The van der Waals surface area contributed by atoms with Gasteiger partial charge in [-0.05, 0) is 13.0 Å². The highest BCUT2D eigenvalue weighted by atomic mass is 35.5. The molecule has 0 aliphatic carbocycles. The molecule has 1 atom stereocenters. The SMILES string of the molecule is C[C@@H](C(=O)Nc1cc(C(F)(F)F)c[nH]c1=O)n1cc(Cl)cn1. The van der Waals surface area contributed by atoms with Gasteiger partial charge in [0.2, 0.25) is 5.91 Å². The Morgan fingerprint density at radius 2 is 2.18 bits per heavy atom. The van der Waals surface area contributed by atoms with E-state index in [1.807, 2.05) is 4.98 Å². The van der Waals surface area contributed by atoms with Crippen LogP contribution in [0.2, 0.25) is 5.02 Å². The van der Waals surface area contributed by atoms with E-state index in [1.54, 1.807) is 0 Å².